The van der Waals surface area contributed by atoms with Crippen LogP contribution in [0, 0.1) is 12.8 Å². The Morgan fingerprint density at radius 3 is 2.49 bits per heavy atom. The molecule has 214 valence electrons. The normalized spacial score (nSPS) is 16.5. The first-order chi connectivity index (χ1) is 19.7. The lowest BCUT2D eigenvalue weighted by Gasteiger charge is -2.33. The predicted molar refractivity (Wildman–Crippen MR) is 155 cm³/mol. The topological polar surface area (TPSA) is 172 Å². The lowest BCUT2D eigenvalue weighted by Crippen LogP contribution is -2.33. The second kappa shape index (κ2) is 10.4. The number of nitrogens with one attached hydrogen (secondary N) is 1. The van der Waals surface area contributed by atoms with Crippen LogP contribution >= 0.6 is 0 Å². The van der Waals surface area contributed by atoms with Gasteiger partial charge in [0.1, 0.15) is 5.52 Å². The van der Waals surface area contributed by atoms with E-state index in [2.05, 4.69) is 37.2 Å². The second-order valence-electron chi connectivity index (χ2n) is 10.9. The quantitative estimate of drug-likeness (QED) is 0.299. The van der Waals surface area contributed by atoms with Crippen molar-refractivity contribution in [1.29, 1.82) is 0 Å². The molecule has 4 aromatic heterocycles. The van der Waals surface area contributed by atoms with E-state index in [4.69, 9.17) is 10.7 Å². The number of aryl methyl sites for hydroxylation is 1. The van der Waals surface area contributed by atoms with Crippen molar-refractivity contribution >= 4 is 32.8 Å². The molecular formula is C28H33N9O3S. The Morgan fingerprint density at radius 1 is 1.07 bits per heavy atom. The van der Waals surface area contributed by atoms with Crippen molar-refractivity contribution in [2.45, 2.75) is 76.3 Å². The maximum atomic E-state index is 13.9. The van der Waals surface area contributed by atoms with Crippen molar-refractivity contribution in [3.05, 3.63) is 52.0 Å². The van der Waals surface area contributed by atoms with Crippen molar-refractivity contribution < 1.29 is 8.42 Å². The first-order valence-electron chi connectivity index (χ1n) is 14.0. The molecule has 2 saturated carbocycles. The number of sulfone groups is 1. The van der Waals surface area contributed by atoms with E-state index in [0.29, 0.717) is 40.2 Å². The number of nitrogen functional groups attached to an aromatic ring is 1. The lowest BCUT2D eigenvalue weighted by atomic mass is 9.80. The molecule has 12 nitrogen and oxygen atoms in total. The fraction of sp³-hybridized carbons (Fsp3) is 0.464. The highest BCUT2D eigenvalue weighted by atomic mass is 32.2. The molecule has 0 radical (unpaired) electrons. The van der Waals surface area contributed by atoms with Gasteiger partial charge in [-0.25, -0.2) is 33.3 Å². The molecule has 0 aliphatic heterocycles. The van der Waals surface area contributed by atoms with Crippen molar-refractivity contribution in [1.82, 2.24) is 34.5 Å². The Morgan fingerprint density at radius 2 is 1.85 bits per heavy atom. The van der Waals surface area contributed by atoms with Crippen LogP contribution in [0.2, 0.25) is 0 Å². The van der Waals surface area contributed by atoms with Crippen LogP contribution in [-0.4, -0.2) is 48.6 Å². The Balaban J connectivity index is 1.40. The van der Waals surface area contributed by atoms with Crippen molar-refractivity contribution in [3.8, 4) is 11.4 Å². The number of nitrogens with zero attached hydrogens (tertiary/aromatic N) is 7. The van der Waals surface area contributed by atoms with E-state index in [1.54, 1.807) is 23.8 Å². The molecule has 2 aliphatic carbocycles. The van der Waals surface area contributed by atoms with Crippen LogP contribution in [-0.2, 0) is 16.4 Å². The van der Waals surface area contributed by atoms with Crippen molar-refractivity contribution in [3.63, 3.8) is 0 Å². The molecule has 0 saturated heterocycles. The Kier molecular flexibility index (Phi) is 6.92. The number of rotatable bonds is 9. The highest BCUT2D eigenvalue weighted by molar-refractivity contribution is 7.91. The monoisotopic (exact) mass is 575 g/mol. The molecule has 41 heavy (non-hydrogen) atoms. The lowest BCUT2D eigenvalue weighted by molar-refractivity contribution is 0.222. The van der Waals surface area contributed by atoms with E-state index in [0.717, 1.165) is 43.4 Å². The molecule has 0 amide bonds. The molecule has 1 atom stereocenters. The van der Waals surface area contributed by atoms with Gasteiger partial charge in [-0.05, 0) is 57.6 Å². The molecule has 2 fully saturated rings. The van der Waals surface area contributed by atoms with Crippen LogP contribution < -0.4 is 16.6 Å². The number of hydrogen-bond acceptors (Lipinski definition) is 11. The first-order valence-corrected chi connectivity index (χ1v) is 15.7. The highest BCUT2D eigenvalue weighted by Gasteiger charge is 2.32. The highest BCUT2D eigenvalue weighted by Crippen LogP contribution is 2.44. The standard InChI is InChI=1S/C28H33N9O3S/c1-4-41(39,40)20-11-10-19(30-13-20)12-31-25-27(38)37(16(3)17-6-5-7-17)26-21(34-25)14-32-24(36-26)22-15(2)33-28(29)35-23(22)18-8-9-18/h10-11,13-14,16-18H,4-9,12H2,1-3H3,(H,31,34)(H2,29,33,35)/t16-/m1/s1. The van der Waals surface area contributed by atoms with Gasteiger partial charge in [0.05, 0.1) is 46.0 Å². The summed E-state index contributed by atoms with van der Waals surface area (Å²) in [6.45, 7) is 5.72. The van der Waals surface area contributed by atoms with Gasteiger partial charge >= 0.3 is 0 Å². The number of nitrogens with two attached hydrogens (primary N) is 1. The predicted octanol–water partition coefficient (Wildman–Crippen LogP) is 3.57. The second-order valence-corrected chi connectivity index (χ2v) is 13.2. The molecule has 3 N–H and O–H groups in total. The van der Waals surface area contributed by atoms with E-state index in [-0.39, 0.29) is 40.6 Å². The van der Waals surface area contributed by atoms with Crippen LogP contribution in [0.4, 0.5) is 11.8 Å². The largest absolute Gasteiger partial charge is 0.368 e. The Hall–Kier alpha value is -4.00. The number of pyridine rings is 1. The van der Waals surface area contributed by atoms with Crippen LogP contribution in [0.15, 0.2) is 34.2 Å². The third-order valence-electron chi connectivity index (χ3n) is 8.17. The minimum absolute atomic E-state index is 0.00259. The van der Waals surface area contributed by atoms with Gasteiger partial charge in [-0.15, -0.1) is 0 Å². The SMILES string of the molecule is CCS(=O)(=O)c1ccc(CNc2nc3cnc(-c4c(C)nc(N)nc4C4CC4)nc3n([C@H](C)C3CCC3)c2=O)nc1. The average Bonchev–Trinajstić information content (AvgIpc) is 3.76. The zero-order valence-electron chi connectivity index (χ0n) is 23.3. The number of fused-ring (bicyclic) bond motifs is 1. The third-order valence-corrected chi connectivity index (χ3v) is 9.89. The van der Waals surface area contributed by atoms with Crippen molar-refractivity contribution in [2.24, 2.45) is 5.92 Å². The first kappa shape index (κ1) is 27.2. The molecule has 0 bridgehead atoms. The molecule has 0 unspecified atom stereocenters. The Bertz CT molecular complexity index is 1800. The van der Waals surface area contributed by atoms with Gasteiger partial charge in [0.25, 0.3) is 5.56 Å². The van der Waals surface area contributed by atoms with E-state index in [1.165, 1.54) is 12.3 Å². The molecule has 0 aromatic carbocycles. The molecule has 0 spiro atoms. The fourth-order valence-corrected chi connectivity index (χ4v) is 6.16. The summed E-state index contributed by atoms with van der Waals surface area (Å²) in [6, 6.07) is 3.07. The summed E-state index contributed by atoms with van der Waals surface area (Å²) in [5.74, 6) is 1.53. The molecule has 2 aliphatic rings. The number of anilines is 2. The van der Waals surface area contributed by atoms with Gasteiger partial charge < -0.3 is 11.1 Å². The summed E-state index contributed by atoms with van der Waals surface area (Å²) in [5, 5.41) is 3.11. The van der Waals surface area contributed by atoms with Gasteiger partial charge in [0, 0.05) is 18.2 Å². The third kappa shape index (κ3) is 5.14. The zero-order valence-corrected chi connectivity index (χ0v) is 24.1. The minimum Gasteiger partial charge on any atom is -0.368 e. The van der Waals surface area contributed by atoms with Gasteiger partial charge in [-0.2, -0.15) is 0 Å². The minimum atomic E-state index is -3.34. The molecule has 4 aromatic rings. The maximum Gasteiger partial charge on any atom is 0.295 e. The van der Waals surface area contributed by atoms with Crippen LogP contribution in [0.5, 0.6) is 0 Å². The van der Waals surface area contributed by atoms with Crippen LogP contribution in [0.3, 0.4) is 0 Å². The summed E-state index contributed by atoms with van der Waals surface area (Å²) >= 11 is 0. The number of aromatic nitrogens is 7. The molecular weight excluding hydrogens is 542 g/mol. The van der Waals surface area contributed by atoms with E-state index in [9.17, 15) is 13.2 Å². The van der Waals surface area contributed by atoms with E-state index >= 15 is 0 Å². The van der Waals surface area contributed by atoms with Crippen LogP contribution in [0.25, 0.3) is 22.6 Å². The zero-order chi connectivity index (χ0) is 28.9. The van der Waals surface area contributed by atoms with Gasteiger partial charge in [0.2, 0.25) is 5.95 Å². The van der Waals surface area contributed by atoms with E-state index in [1.807, 2.05) is 6.92 Å². The van der Waals surface area contributed by atoms with Gasteiger partial charge in [-0.3, -0.25) is 14.3 Å². The van der Waals surface area contributed by atoms with Gasteiger partial charge in [0.15, 0.2) is 27.1 Å². The summed E-state index contributed by atoms with van der Waals surface area (Å²) in [5.41, 5.74) is 9.55. The molecule has 13 heteroatoms. The Labute approximate surface area is 237 Å². The summed E-state index contributed by atoms with van der Waals surface area (Å²) in [7, 11) is -3.34. The maximum absolute atomic E-state index is 13.9. The average molecular weight is 576 g/mol. The summed E-state index contributed by atoms with van der Waals surface area (Å²) in [4.78, 5) is 41.4. The van der Waals surface area contributed by atoms with Crippen molar-refractivity contribution in [2.75, 3.05) is 16.8 Å². The molecule has 4 heterocycles. The summed E-state index contributed by atoms with van der Waals surface area (Å²) < 4.78 is 26.0. The van der Waals surface area contributed by atoms with Gasteiger partial charge in [-0.1, -0.05) is 13.3 Å². The smallest absolute Gasteiger partial charge is 0.295 e. The fourth-order valence-electron chi connectivity index (χ4n) is 5.33. The summed E-state index contributed by atoms with van der Waals surface area (Å²) in [6.07, 6.45) is 8.28. The number of hydrogen-bond donors (Lipinski definition) is 2. The van der Waals surface area contributed by atoms with Crippen LogP contribution in [0.1, 0.15) is 75.0 Å². The molecule has 6 rings (SSSR count). The van der Waals surface area contributed by atoms with E-state index < -0.39 is 9.84 Å².